The molecule has 1 rings (SSSR count). The topological polar surface area (TPSA) is 125 Å². The van der Waals surface area contributed by atoms with Crippen LogP contribution in [0.15, 0.2) is 0 Å². The molecule has 5 N–H and O–H groups in total. The van der Waals surface area contributed by atoms with Gasteiger partial charge in [-0.2, -0.15) is 5.10 Å². The van der Waals surface area contributed by atoms with Gasteiger partial charge in [-0.1, -0.05) is 0 Å². The molecule has 0 bridgehead atoms. The highest BCUT2D eigenvalue weighted by Gasteiger charge is 2.18. The molecule has 0 atom stereocenters. The van der Waals surface area contributed by atoms with E-state index in [-0.39, 0.29) is 25.7 Å². The Morgan fingerprint density at radius 1 is 1.47 bits per heavy atom. The maximum atomic E-state index is 12.0. The van der Waals surface area contributed by atoms with Gasteiger partial charge < -0.3 is 21.5 Å². The monoisotopic (exact) mass is 269 g/mol. The molecule has 1 heterocycles. The van der Waals surface area contributed by atoms with Crippen molar-refractivity contribution in [1.29, 1.82) is 0 Å². The van der Waals surface area contributed by atoms with E-state index in [2.05, 4.69) is 10.4 Å². The van der Waals surface area contributed by atoms with Crippen LogP contribution >= 0.6 is 0 Å². The quantitative estimate of drug-likeness (QED) is 0.549. The average molecular weight is 269 g/mol. The van der Waals surface area contributed by atoms with Crippen molar-refractivity contribution < 1.29 is 14.3 Å². The van der Waals surface area contributed by atoms with Crippen LogP contribution in [-0.4, -0.2) is 41.4 Å². The largest absolute Gasteiger partial charge is 0.395 e. The van der Waals surface area contributed by atoms with Crippen molar-refractivity contribution in [2.45, 2.75) is 20.4 Å². The highest BCUT2D eigenvalue weighted by molar-refractivity contribution is 5.97. The fourth-order valence-electron chi connectivity index (χ4n) is 1.56. The minimum absolute atomic E-state index is 0.163. The molecule has 8 heteroatoms. The van der Waals surface area contributed by atoms with Gasteiger partial charge in [0, 0.05) is 13.1 Å². The van der Waals surface area contributed by atoms with Crippen LogP contribution in [-0.2, 0) is 16.1 Å². The van der Waals surface area contributed by atoms with Gasteiger partial charge in [-0.05, 0) is 13.8 Å². The van der Waals surface area contributed by atoms with Gasteiger partial charge in [0.05, 0.1) is 18.0 Å². The Kier molecular flexibility index (Phi) is 5.31. The molecule has 0 spiro atoms. The van der Waals surface area contributed by atoms with Gasteiger partial charge in [-0.15, -0.1) is 0 Å². The molecule has 1 aromatic rings. The molecule has 0 unspecified atom stereocenters. The van der Waals surface area contributed by atoms with E-state index >= 15 is 0 Å². The summed E-state index contributed by atoms with van der Waals surface area (Å²) in [4.78, 5) is 22.4. The van der Waals surface area contributed by atoms with Crippen LogP contribution in [0.1, 0.15) is 23.1 Å². The van der Waals surface area contributed by atoms with Gasteiger partial charge in [-0.25, -0.2) is 0 Å². The van der Waals surface area contributed by atoms with Crippen molar-refractivity contribution in [2.24, 2.45) is 5.73 Å². The zero-order valence-corrected chi connectivity index (χ0v) is 11.1. The van der Waals surface area contributed by atoms with E-state index in [1.54, 1.807) is 11.6 Å². The SMILES string of the molecule is CCn1nc(C)c(N)c1C(=O)NCCOCC(N)=O. The molecular weight excluding hydrogens is 250 g/mol. The second-order valence-corrected chi connectivity index (χ2v) is 3.94. The summed E-state index contributed by atoms with van der Waals surface area (Å²) in [5.74, 6) is -0.863. The lowest BCUT2D eigenvalue weighted by atomic mass is 10.3. The number of nitrogens with one attached hydrogen (secondary N) is 1. The molecule has 0 radical (unpaired) electrons. The number of carbonyl (C=O) groups excluding carboxylic acids is 2. The molecule has 0 saturated heterocycles. The zero-order chi connectivity index (χ0) is 14.4. The van der Waals surface area contributed by atoms with Crippen molar-refractivity contribution in [1.82, 2.24) is 15.1 Å². The third-order valence-electron chi connectivity index (χ3n) is 2.46. The van der Waals surface area contributed by atoms with Gasteiger partial charge in [0.25, 0.3) is 5.91 Å². The number of nitrogen functional groups attached to an aromatic ring is 1. The molecule has 0 aliphatic heterocycles. The second kappa shape index (κ2) is 6.74. The standard InChI is InChI=1S/C11H19N5O3/c1-3-16-10(9(13)7(2)15-16)11(18)14-4-5-19-6-8(12)17/h3-6,13H2,1-2H3,(H2,12,17)(H,14,18). The molecule has 0 aliphatic carbocycles. The zero-order valence-electron chi connectivity index (χ0n) is 11.1. The lowest BCUT2D eigenvalue weighted by Gasteiger charge is -2.07. The first kappa shape index (κ1) is 15.0. The third-order valence-corrected chi connectivity index (χ3v) is 2.46. The first-order valence-corrected chi connectivity index (χ1v) is 5.94. The normalized spacial score (nSPS) is 10.4. The molecule has 19 heavy (non-hydrogen) atoms. The van der Waals surface area contributed by atoms with Crippen LogP contribution in [0.25, 0.3) is 0 Å². The van der Waals surface area contributed by atoms with Crippen LogP contribution < -0.4 is 16.8 Å². The number of hydrogen-bond acceptors (Lipinski definition) is 5. The van der Waals surface area contributed by atoms with Gasteiger partial charge in [0.2, 0.25) is 5.91 Å². The van der Waals surface area contributed by atoms with E-state index in [1.165, 1.54) is 0 Å². The summed E-state index contributed by atoms with van der Waals surface area (Å²) in [6, 6.07) is 0. The number of anilines is 1. The molecule has 2 amide bonds. The first-order valence-electron chi connectivity index (χ1n) is 5.94. The number of nitrogens with zero attached hydrogens (tertiary/aromatic N) is 2. The molecule has 0 fully saturated rings. The van der Waals surface area contributed by atoms with Crippen LogP contribution in [0.4, 0.5) is 5.69 Å². The number of aromatic nitrogens is 2. The number of rotatable bonds is 7. The molecular formula is C11H19N5O3. The van der Waals surface area contributed by atoms with Crippen molar-refractivity contribution >= 4 is 17.5 Å². The molecule has 1 aromatic heterocycles. The van der Waals surface area contributed by atoms with Crippen LogP contribution in [0, 0.1) is 6.92 Å². The molecule has 8 nitrogen and oxygen atoms in total. The van der Waals surface area contributed by atoms with Gasteiger partial charge in [0.15, 0.2) is 0 Å². The summed E-state index contributed by atoms with van der Waals surface area (Å²) in [5.41, 5.74) is 12.1. The smallest absolute Gasteiger partial charge is 0.271 e. The summed E-state index contributed by atoms with van der Waals surface area (Å²) < 4.78 is 6.48. The van der Waals surface area contributed by atoms with Gasteiger partial charge in [0.1, 0.15) is 12.3 Å². The maximum Gasteiger partial charge on any atom is 0.271 e. The molecule has 0 aromatic carbocycles. The van der Waals surface area contributed by atoms with Crippen LogP contribution in [0.3, 0.4) is 0 Å². The summed E-state index contributed by atoms with van der Waals surface area (Å²) in [7, 11) is 0. The minimum Gasteiger partial charge on any atom is -0.395 e. The van der Waals surface area contributed by atoms with E-state index in [0.717, 1.165) is 0 Å². The summed E-state index contributed by atoms with van der Waals surface area (Å²) in [6.45, 7) is 4.48. The molecule has 106 valence electrons. The number of amides is 2. The lowest BCUT2D eigenvalue weighted by molar-refractivity contribution is -0.122. The Bertz CT molecular complexity index is 469. The Labute approximate surface area is 111 Å². The Balaban J connectivity index is 2.52. The first-order chi connectivity index (χ1) is 8.97. The predicted octanol–water partition coefficient (Wildman–Crippen LogP) is -0.975. The number of nitrogens with two attached hydrogens (primary N) is 2. The summed E-state index contributed by atoms with van der Waals surface area (Å²) >= 11 is 0. The highest BCUT2D eigenvalue weighted by Crippen LogP contribution is 2.15. The number of carbonyl (C=O) groups is 2. The van der Waals surface area contributed by atoms with Crippen molar-refractivity contribution in [3.8, 4) is 0 Å². The average Bonchev–Trinajstić information content (AvgIpc) is 2.64. The summed E-state index contributed by atoms with van der Waals surface area (Å²) in [5, 5.41) is 6.80. The second-order valence-electron chi connectivity index (χ2n) is 3.94. The van der Waals surface area contributed by atoms with E-state index in [4.69, 9.17) is 16.2 Å². The molecule has 0 saturated carbocycles. The fourth-order valence-corrected chi connectivity index (χ4v) is 1.56. The Hall–Kier alpha value is -2.09. The number of aryl methyl sites for hydroxylation is 2. The van der Waals surface area contributed by atoms with E-state index < -0.39 is 5.91 Å². The van der Waals surface area contributed by atoms with E-state index in [0.29, 0.717) is 23.6 Å². The predicted molar refractivity (Wildman–Crippen MR) is 69.4 cm³/mol. The fraction of sp³-hybridized carbons (Fsp3) is 0.545. The Morgan fingerprint density at radius 2 is 2.16 bits per heavy atom. The van der Waals surface area contributed by atoms with Crippen molar-refractivity contribution in [3.63, 3.8) is 0 Å². The third kappa shape index (κ3) is 3.95. The number of ether oxygens (including phenoxy) is 1. The summed E-state index contributed by atoms with van der Waals surface area (Å²) in [6.07, 6.45) is 0. The van der Waals surface area contributed by atoms with Gasteiger partial charge in [-0.3, -0.25) is 14.3 Å². The van der Waals surface area contributed by atoms with Gasteiger partial charge >= 0.3 is 0 Å². The van der Waals surface area contributed by atoms with Crippen LogP contribution in [0.5, 0.6) is 0 Å². The van der Waals surface area contributed by atoms with E-state index in [1.807, 2.05) is 6.92 Å². The number of hydrogen-bond donors (Lipinski definition) is 3. The van der Waals surface area contributed by atoms with Crippen LogP contribution in [0.2, 0.25) is 0 Å². The van der Waals surface area contributed by atoms with Crippen molar-refractivity contribution in [3.05, 3.63) is 11.4 Å². The maximum absolute atomic E-state index is 12.0. The minimum atomic E-state index is -0.546. The lowest BCUT2D eigenvalue weighted by Crippen LogP contribution is -2.31. The van der Waals surface area contributed by atoms with Crippen molar-refractivity contribution in [2.75, 3.05) is 25.5 Å². The number of primary amides is 1. The molecule has 0 aliphatic rings. The highest BCUT2D eigenvalue weighted by atomic mass is 16.5. The Morgan fingerprint density at radius 3 is 2.74 bits per heavy atom. The van der Waals surface area contributed by atoms with E-state index in [9.17, 15) is 9.59 Å².